The number of rotatable bonds is 5. The maximum absolute atomic E-state index is 12.2. The van der Waals surface area contributed by atoms with Crippen molar-refractivity contribution in [2.45, 2.75) is 38.6 Å². The van der Waals surface area contributed by atoms with Crippen LogP contribution in [-0.2, 0) is 11.2 Å². The number of carbonyl (C=O) groups is 2. The van der Waals surface area contributed by atoms with E-state index in [9.17, 15) is 9.59 Å². The second-order valence-corrected chi connectivity index (χ2v) is 7.06. The van der Waals surface area contributed by atoms with E-state index in [1.165, 1.54) is 22.3 Å². The number of hydrogen-bond donors (Lipinski definition) is 3. The normalized spacial score (nSPS) is 12.2. The SMILES string of the molecule is CC(C)(CCC(=O)O)NC(=O)Nc1ccc2c(c1)Cc1ccccc1-2. The molecule has 0 aromatic heterocycles. The van der Waals surface area contributed by atoms with Crippen LogP contribution in [0.4, 0.5) is 10.5 Å². The molecule has 0 bridgehead atoms. The number of benzene rings is 2. The minimum Gasteiger partial charge on any atom is -0.481 e. The number of anilines is 1. The molecular formula is C20H22N2O3. The van der Waals surface area contributed by atoms with Gasteiger partial charge in [-0.05, 0) is 61.1 Å². The number of hydrogen-bond acceptors (Lipinski definition) is 2. The average Bonchev–Trinajstić information content (AvgIpc) is 2.90. The number of carboxylic acid groups (broad SMARTS) is 1. The topological polar surface area (TPSA) is 78.4 Å². The summed E-state index contributed by atoms with van der Waals surface area (Å²) in [5, 5.41) is 14.5. The van der Waals surface area contributed by atoms with Gasteiger partial charge >= 0.3 is 12.0 Å². The van der Waals surface area contributed by atoms with Crippen molar-refractivity contribution in [2.75, 3.05) is 5.32 Å². The maximum Gasteiger partial charge on any atom is 0.319 e. The van der Waals surface area contributed by atoms with Crippen LogP contribution in [0.2, 0.25) is 0 Å². The first-order chi connectivity index (χ1) is 11.8. The highest BCUT2D eigenvalue weighted by molar-refractivity contribution is 5.91. The Morgan fingerprint density at radius 3 is 2.56 bits per heavy atom. The molecule has 0 unspecified atom stereocenters. The predicted molar refractivity (Wildman–Crippen MR) is 97.8 cm³/mol. The molecule has 0 saturated heterocycles. The van der Waals surface area contributed by atoms with E-state index in [0.717, 1.165) is 12.1 Å². The molecule has 130 valence electrons. The molecule has 2 aromatic rings. The smallest absolute Gasteiger partial charge is 0.319 e. The molecule has 0 radical (unpaired) electrons. The molecule has 2 aromatic carbocycles. The molecule has 3 N–H and O–H groups in total. The van der Waals surface area contributed by atoms with E-state index in [0.29, 0.717) is 6.42 Å². The number of carbonyl (C=O) groups excluding carboxylic acids is 1. The van der Waals surface area contributed by atoms with E-state index in [-0.39, 0.29) is 12.5 Å². The molecular weight excluding hydrogens is 316 g/mol. The summed E-state index contributed by atoms with van der Waals surface area (Å²) in [4.78, 5) is 22.9. The summed E-state index contributed by atoms with van der Waals surface area (Å²) < 4.78 is 0. The van der Waals surface area contributed by atoms with Crippen molar-refractivity contribution in [1.82, 2.24) is 5.32 Å². The highest BCUT2D eigenvalue weighted by Crippen LogP contribution is 2.37. The largest absolute Gasteiger partial charge is 0.481 e. The van der Waals surface area contributed by atoms with Gasteiger partial charge in [0.05, 0.1) is 0 Å². The van der Waals surface area contributed by atoms with E-state index < -0.39 is 11.5 Å². The van der Waals surface area contributed by atoms with Gasteiger partial charge in [-0.15, -0.1) is 0 Å². The van der Waals surface area contributed by atoms with Crippen molar-refractivity contribution in [3.8, 4) is 11.1 Å². The summed E-state index contributed by atoms with van der Waals surface area (Å²) >= 11 is 0. The minimum atomic E-state index is -0.867. The predicted octanol–water partition coefficient (Wildman–Crippen LogP) is 4.02. The Labute approximate surface area is 147 Å². The Balaban J connectivity index is 1.65. The van der Waals surface area contributed by atoms with Crippen LogP contribution in [0.3, 0.4) is 0 Å². The van der Waals surface area contributed by atoms with Crippen LogP contribution in [0.25, 0.3) is 11.1 Å². The lowest BCUT2D eigenvalue weighted by atomic mass is 9.99. The van der Waals surface area contributed by atoms with Crippen molar-refractivity contribution in [3.05, 3.63) is 53.6 Å². The van der Waals surface area contributed by atoms with Gasteiger partial charge in [0.1, 0.15) is 0 Å². The Kier molecular flexibility index (Phi) is 4.49. The third-order valence-corrected chi connectivity index (χ3v) is 4.47. The van der Waals surface area contributed by atoms with Gasteiger partial charge < -0.3 is 15.7 Å². The fraction of sp³-hybridized carbons (Fsp3) is 0.300. The van der Waals surface area contributed by atoms with Crippen molar-refractivity contribution in [3.63, 3.8) is 0 Å². The monoisotopic (exact) mass is 338 g/mol. The summed E-state index contributed by atoms with van der Waals surface area (Å²) in [5.41, 5.74) is 5.11. The van der Waals surface area contributed by atoms with Crippen LogP contribution in [0, 0.1) is 0 Å². The van der Waals surface area contributed by atoms with Gasteiger partial charge in [0.2, 0.25) is 0 Å². The molecule has 0 aliphatic heterocycles. The number of amides is 2. The van der Waals surface area contributed by atoms with E-state index in [1.54, 1.807) is 0 Å². The number of aliphatic carboxylic acids is 1. The van der Waals surface area contributed by atoms with E-state index >= 15 is 0 Å². The van der Waals surface area contributed by atoms with Gasteiger partial charge in [-0.2, -0.15) is 0 Å². The minimum absolute atomic E-state index is 0.0182. The Bertz CT molecular complexity index is 827. The second kappa shape index (κ2) is 6.59. The van der Waals surface area contributed by atoms with Crippen LogP contribution >= 0.6 is 0 Å². The first-order valence-corrected chi connectivity index (χ1v) is 8.36. The zero-order chi connectivity index (χ0) is 18.0. The van der Waals surface area contributed by atoms with E-state index in [2.05, 4.69) is 22.8 Å². The highest BCUT2D eigenvalue weighted by atomic mass is 16.4. The molecule has 0 saturated carbocycles. The van der Waals surface area contributed by atoms with Gasteiger partial charge in [-0.3, -0.25) is 4.79 Å². The van der Waals surface area contributed by atoms with E-state index in [1.807, 2.05) is 44.2 Å². The molecule has 1 aliphatic rings. The average molecular weight is 338 g/mol. The maximum atomic E-state index is 12.2. The summed E-state index contributed by atoms with van der Waals surface area (Å²) in [7, 11) is 0. The Morgan fingerprint density at radius 2 is 1.80 bits per heavy atom. The lowest BCUT2D eigenvalue weighted by Gasteiger charge is -2.25. The fourth-order valence-corrected chi connectivity index (χ4v) is 3.17. The molecule has 0 atom stereocenters. The van der Waals surface area contributed by atoms with Gasteiger partial charge in [-0.1, -0.05) is 30.3 Å². The third kappa shape index (κ3) is 3.99. The number of fused-ring (bicyclic) bond motifs is 3. The van der Waals surface area contributed by atoms with Crippen LogP contribution < -0.4 is 10.6 Å². The molecule has 0 fully saturated rings. The Morgan fingerprint density at radius 1 is 1.08 bits per heavy atom. The molecule has 1 aliphatic carbocycles. The molecule has 2 amide bonds. The lowest BCUT2D eigenvalue weighted by Crippen LogP contribution is -2.45. The van der Waals surface area contributed by atoms with Crippen LogP contribution in [0.1, 0.15) is 37.8 Å². The summed E-state index contributed by atoms with van der Waals surface area (Å²) in [6.45, 7) is 3.63. The van der Waals surface area contributed by atoms with E-state index in [4.69, 9.17) is 5.11 Å². The fourth-order valence-electron chi connectivity index (χ4n) is 3.17. The second-order valence-electron chi connectivity index (χ2n) is 7.06. The summed E-state index contributed by atoms with van der Waals surface area (Å²) in [6, 6.07) is 13.9. The first-order valence-electron chi connectivity index (χ1n) is 8.36. The highest BCUT2D eigenvalue weighted by Gasteiger charge is 2.22. The first kappa shape index (κ1) is 17.0. The summed E-state index contributed by atoms with van der Waals surface area (Å²) in [5.74, 6) is -0.867. The standard InChI is InChI=1S/C20H22N2O3/c1-20(2,10-9-18(23)24)22-19(25)21-15-7-8-17-14(12-15)11-13-5-3-4-6-16(13)17/h3-8,12H,9-11H2,1-2H3,(H,23,24)(H2,21,22,25). The van der Waals surface area contributed by atoms with Gasteiger partial charge in [-0.25, -0.2) is 4.79 Å². The number of urea groups is 1. The Hall–Kier alpha value is -2.82. The molecule has 5 nitrogen and oxygen atoms in total. The zero-order valence-electron chi connectivity index (χ0n) is 14.4. The van der Waals surface area contributed by atoms with Crippen LogP contribution in [0.5, 0.6) is 0 Å². The van der Waals surface area contributed by atoms with Crippen LogP contribution in [0.15, 0.2) is 42.5 Å². The van der Waals surface area contributed by atoms with Crippen molar-refractivity contribution in [2.24, 2.45) is 0 Å². The quantitative estimate of drug-likeness (QED) is 0.657. The molecule has 5 heteroatoms. The molecule has 25 heavy (non-hydrogen) atoms. The number of carboxylic acids is 1. The zero-order valence-corrected chi connectivity index (χ0v) is 14.4. The van der Waals surface area contributed by atoms with Crippen molar-refractivity contribution < 1.29 is 14.7 Å². The molecule has 0 spiro atoms. The van der Waals surface area contributed by atoms with Crippen LogP contribution in [-0.4, -0.2) is 22.6 Å². The molecule has 3 rings (SSSR count). The van der Waals surface area contributed by atoms with Gasteiger partial charge in [0.15, 0.2) is 0 Å². The molecule has 0 heterocycles. The van der Waals surface area contributed by atoms with Gasteiger partial charge in [0.25, 0.3) is 0 Å². The third-order valence-electron chi connectivity index (χ3n) is 4.47. The van der Waals surface area contributed by atoms with Crippen molar-refractivity contribution in [1.29, 1.82) is 0 Å². The summed E-state index contributed by atoms with van der Waals surface area (Å²) in [6.07, 6.45) is 1.26. The van der Waals surface area contributed by atoms with Gasteiger partial charge in [0, 0.05) is 17.6 Å². The lowest BCUT2D eigenvalue weighted by molar-refractivity contribution is -0.137. The van der Waals surface area contributed by atoms with Crippen molar-refractivity contribution >= 4 is 17.7 Å². The number of nitrogens with one attached hydrogen (secondary N) is 2.